The maximum absolute atomic E-state index is 11.2. The minimum absolute atomic E-state index is 0.0462. The van der Waals surface area contributed by atoms with Gasteiger partial charge in [-0.15, -0.1) is 0 Å². The van der Waals surface area contributed by atoms with Gasteiger partial charge in [-0.05, 0) is 21.5 Å². The Morgan fingerprint density at radius 2 is 2.04 bits per heavy atom. The number of carbonyl (C=O) groups excluding carboxylic acids is 1. The van der Waals surface area contributed by atoms with Crippen LogP contribution in [0.25, 0.3) is 11.2 Å². The number of imidazole rings is 1. The molecule has 24 heavy (non-hydrogen) atoms. The van der Waals surface area contributed by atoms with Crippen molar-refractivity contribution < 1.29 is 9.53 Å². The van der Waals surface area contributed by atoms with Crippen molar-refractivity contribution in [1.82, 2.24) is 19.5 Å². The first-order valence-electron chi connectivity index (χ1n) is 7.12. The molecule has 0 aliphatic rings. The van der Waals surface area contributed by atoms with E-state index in [1.165, 1.54) is 7.11 Å². The molecule has 9 heteroatoms. The number of ether oxygens (including phenoxy) is 1. The van der Waals surface area contributed by atoms with Gasteiger partial charge in [-0.25, -0.2) is 4.98 Å². The number of halogens is 1. The number of fused-ring (bicyclic) bond motifs is 1. The third-order valence-electron chi connectivity index (χ3n) is 3.38. The van der Waals surface area contributed by atoms with Crippen molar-refractivity contribution in [3.63, 3.8) is 0 Å². The van der Waals surface area contributed by atoms with Crippen molar-refractivity contribution in [3.05, 3.63) is 40.6 Å². The van der Waals surface area contributed by atoms with E-state index in [1.807, 2.05) is 34.9 Å². The molecule has 2 heterocycles. The smallest absolute Gasteiger partial charge is 0.325 e. The summed E-state index contributed by atoms with van der Waals surface area (Å²) in [7, 11) is 1.31. The normalized spacial score (nSPS) is 10.8. The maximum atomic E-state index is 11.2. The number of carbonyl (C=O) groups is 1. The second-order valence-corrected chi connectivity index (χ2v) is 5.70. The zero-order chi connectivity index (χ0) is 17.1. The first kappa shape index (κ1) is 16.2. The first-order valence-corrected chi connectivity index (χ1v) is 7.91. The molecule has 0 aliphatic heterocycles. The number of nitrogens with zero attached hydrogens (tertiary/aromatic N) is 4. The van der Waals surface area contributed by atoms with Crippen molar-refractivity contribution in [3.8, 4) is 0 Å². The van der Waals surface area contributed by atoms with Crippen LogP contribution < -0.4 is 11.1 Å². The Kier molecular flexibility index (Phi) is 4.61. The molecule has 0 spiro atoms. The predicted octanol–water partition coefficient (Wildman–Crippen LogP) is 1.80. The van der Waals surface area contributed by atoms with Gasteiger partial charge in [0.25, 0.3) is 0 Å². The lowest BCUT2D eigenvalue weighted by Crippen LogP contribution is -2.17. The van der Waals surface area contributed by atoms with Crippen LogP contribution in [0.2, 0.25) is 0 Å². The van der Waals surface area contributed by atoms with Crippen LogP contribution in [-0.2, 0) is 16.1 Å². The van der Waals surface area contributed by atoms with Crippen LogP contribution >= 0.6 is 15.9 Å². The van der Waals surface area contributed by atoms with Crippen molar-refractivity contribution in [2.75, 3.05) is 24.7 Å². The summed E-state index contributed by atoms with van der Waals surface area (Å²) in [6.45, 7) is 0.528. The van der Waals surface area contributed by atoms with Crippen LogP contribution in [0, 0.1) is 0 Å². The molecule has 1 aromatic carbocycles. The zero-order valence-corrected chi connectivity index (χ0v) is 14.4. The van der Waals surface area contributed by atoms with Crippen LogP contribution in [0.5, 0.6) is 0 Å². The van der Waals surface area contributed by atoms with E-state index >= 15 is 0 Å². The highest BCUT2D eigenvalue weighted by Crippen LogP contribution is 2.24. The summed E-state index contributed by atoms with van der Waals surface area (Å²) in [6, 6.07) is 9.92. The van der Waals surface area contributed by atoms with E-state index in [1.54, 1.807) is 0 Å². The highest BCUT2D eigenvalue weighted by molar-refractivity contribution is 9.10. The molecular formula is C15H15BrN6O2. The number of nitrogens with two attached hydrogens (primary N) is 1. The second kappa shape index (κ2) is 6.83. The summed E-state index contributed by atoms with van der Waals surface area (Å²) in [5.74, 6) is 0.0585. The number of methoxy groups -OCH3 is 1. The average Bonchev–Trinajstić information content (AvgIpc) is 2.90. The Labute approximate surface area is 146 Å². The average molecular weight is 391 g/mol. The fourth-order valence-corrected chi connectivity index (χ4v) is 2.67. The number of benzene rings is 1. The molecule has 0 aliphatic carbocycles. The number of esters is 1. The molecule has 2 aromatic heterocycles. The van der Waals surface area contributed by atoms with E-state index in [4.69, 9.17) is 5.73 Å². The quantitative estimate of drug-likeness (QED) is 0.504. The zero-order valence-electron chi connectivity index (χ0n) is 12.9. The number of aromatic nitrogens is 4. The molecule has 0 bridgehead atoms. The van der Waals surface area contributed by atoms with Gasteiger partial charge in [-0.1, -0.05) is 30.3 Å². The van der Waals surface area contributed by atoms with Crippen molar-refractivity contribution in [1.29, 1.82) is 0 Å². The van der Waals surface area contributed by atoms with E-state index in [0.717, 1.165) is 5.56 Å². The Morgan fingerprint density at radius 1 is 1.29 bits per heavy atom. The molecule has 0 radical (unpaired) electrons. The maximum Gasteiger partial charge on any atom is 0.325 e. The summed E-state index contributed by atoms with van der Waals surface area (Å²) in [5.41, 5.74) is 8.14. The number of nitrogens with one attached hydrogen (secondary N) is 1. The van der Waals surface area contributed by atoms with Gasteiger partial charge in [0, 0.05) is 0 Å². The second-order valence-electron chi connectivity index (χ2n) is 4.99. The van der Waals surface area contributed by atoms with Gasteiger partial charge in [-0.3, -0.25) is 9.36 Å². The fraction of sp³-hybridized carbons (Fsp3) is 0.200. The lowest BCUT2D eigenvalue weighted by Gasteiger charge is -2.08. The van der Waals surface area contributed by atoms with Gasteiger partial charge >= 0.3 is 5.97 Å². The SMILES string of the molecule is COC(=O)CNc1nc(N)c2nc(Br)n(Cc3ccccc3)c2n1. The largest absolute Gasteiger partial charge is 0.468 e. The lowest BCUT2D eigenvalue weighted by molar-refractivity contribution is -0.138. The number of hydrogen-bond donors (Lipinski definition) is 2. The number of anilines is 2. The summed E-state index contributed by atoms with van der Waals surface area (Å²) in [5, 5.41) is 2.80. The molecule has 0 atom stereocenters. The fourth-order valence-electron chi connectivity index (χ4n) is 2.20. The monoisotopic (exact) mass is 390 g/mol. The molecular weight excluding hydrogens is 376 g/mol. The summed E-state index contributed by atoms with van der Waals surface area (Å²) < 4.78 is 7.07. The summed E-state index contributed by atoms with van der Waals surface area (Å²) in [4.78, 5) is 24.2. The molecule has 0 saturated carbocycles. The number of rotatable bonds is 5. The van der Waals surface area contributed by atoms with Gasteiger partial charge in [0.05, 0.1) is 13.7 Å². The van der Waals surface area contributed by atoms with Crippen LogP contribution in [0.1, 0.15) is 5.56 Å². The Morgan fingerprint density at radius 3 is 2.75 bits per heavy atom. The van der Waals surface area contributed by atoms with Crippen LogP contribution in [0.4, 0.5) is 11.8 Å². The molecule has 0 saturated heterocycles. The van der Waals surface area contributed by atoms with Gasteiger partial charge in [-0.2, -0.15) is 9.97 Å². The summed E-state index contributed by atoms with van der Waals surface area (Å²) in [6.07, 6.45) is 0. The third kappa shape index (κ3) is 3.30. The lowest BCUT2D eigenvalue weighted by atomic mass is 10.2. The Hall–Kier alpha value is -2.68. The van der Waals surface area contributed by atoms with E-state index < -0.39 is 5.97 Å². The molecule has 3 rings (SSSR count). The van der Waals surface area contributed by atoms with Crippen molar-refractivity contribution >= 4 is 44.8 Å². The Balaban J connectivity index is 1.98. The predicted molar refractivity (Wildman–Crippen MR) is 93.5 cm³/mol. The van der Waals surface area contributed by atoms with Crippen molar-refractivity contribution in [2.24, 2.45) is 0 Å². The Bertz CT molecular complexity index is 881. The van der Waals surface area contributed by atoms with Crippen LogP contribution in [-0.4, -0.2) is 39.1 Å². The van der Waals surface area contributed by atoms with Crippen LogP contribution in [0.3, 0.4) is 0 Å². The molecule has 3 aromatic rings. The molecule has 8 nitrogen and oxygen atoms in total. The van der Waals surface area contributed by atoms with Gasteiger partial charge in [0.15, 0.2) is 21.7 Å². The number of hydrogen-bond acceptors (Lipinski definition) is 7. The van der Waals surface area contributed by atoms with E-state index in [9.17, 15) is 4.79 Å². The first-order chi connectivity index (χ1) is 11.6. The highest BCUT2D eigenvalue weighted by Gasteiger charge is 2.16. The summed E-state index contributed by atoms with van der Waals surface area (Å²) >= 11 is 3.43. The molecule has 0 unspecified atom stereocenters. The van der Waals surface area contributed by atoms with Gasteiger partial charge < -0.3 is 15.8 Å². The molecule has 0 fully saturated rings. The van der Waals surface area contributed by atoms with Crippen LogP contribution in [0.15, 0.2) is 35.1 Å². The van der Waals surface area contributed by atoms with E-state index in [2.05, 4.69) is 40.9 Å². The standard InChI is InChI=1S/C15H15BrN6O2/c1-24-10(23)7-18-15-20-12(17)11-13(21-15)22(14(16)19-11)8-9-5-3-2-4-6-9/h2-6H,7-8H2,1H3,(H3,17,18,20,21). The third-order valence-corrected chi connectivity index (χ3v) is 3.98. The minimum Gasteiger partial charge on any atom is -0.468 e. The highest BCUT2D eigenvalue weighted by atomic mass is 79.9. The minimum atomic E-state index is -0.420. The van der Waals surface area contributed by atoms with Crippen molar-refractivity contribution in [2.45, 2.75) is 6.54 Å². The van der Waals surface area contributed by atoms with Gasteiger partial charge in [0.1, 0.15) is 6.54 Å². The molecule has 3 N–H and O–H groups in total. The van der Waals surface area contributed by atoms with E-state index in [-0.39, 0.29) is 18.3 Å². The topological polar surface area (TPSA) is 108 Å². The molecule has 0 amide bonds. The molecule has 124 valence electrons. The van der Waals surface area contributed by atoms with Gasteiger partial charge in [0.2, 0.25) is 5.95 Å². The number of nitrogen functional groups attached to an aromatic ring is 1. The van der Waals surface area contributed by atoms with E-state index in [0.29, 0.717) is 22.4 Å².